The molecule has 0 unspecified atom stereocenters. The predicted molar refractivity (Wildman–Crippen MR) is 130 cm³/mol. The van der Waals surface area contributed by atoms with Crippen LogP contribution in [0.5, 0.6) is 5.75 Å². The zero-order valence-electron chi connectivity index (χ0n) is 20.1. The zero-order chi connectivity index (χ0) is 22.5. The Bertz CT molecular complexity index is 921. The van der Waals surface area contributed by atoms with Crippen LogP contribution in [-0.2, 0) is 13.0 Å². The monoisotopic (exact) mass is 437 g/mol. The summed E-state index contributed by atoms with van der Waals surface area (Å²) in [5.74, 6) is 1.57. The molecule has 32 heavy (non-hydrogen) atoms. The largest absolute Gasteiger partial charge is 0.497 e. The molecule has 2 aliphatic rings. The molecule has 1 aliphatic carbocycles. The van der Waals surface area contributed by atoms with Gasteiger partial charge in [0.05, 0.1) is 12.7 Å². The van der Waals surface area contributed by atoms with Crippen molar-refractivity contribution in [2.75, 3.05) is 20.2 Å². The highest BCUT2D eigenvalue weighted by molar-refractivity contribution is 5.97. The Morgan fingerprint density at radius 3 is 2.47 bits per heavy atom. The smallest absolute Gasteiger partial charge is 0.267 e. The van der Waals surface area contributed by atoms with Crippen LogP contribution in [0.25, 0.3) is 11.3 Å². The van der Waals surface area contributed by atoms with E-state index in [9.17, 15) is 4.79 Å². The first-order chi connectivity index (χ1) is 15.6. The highest BCUT2D eigenvalue weighted by Gasteiger charge is 2.25. The van der Waals surface area contributed by atoms with Gasteiger partial charge in [0.2, 0.25) is 0 Å². The molecule has 1 N–H and O–H groups in total. The number of nitrogens with one attached hydrogen (secondary N) is 1. The van der Waals surface area contributed by atoms with Gasteiger partial charge in [0, 0.05) is 36.6 Å². The van der Waals surface area contributed by atoms with E-state index < -0.39 is 0 Å². The summed E-state index contributed by atoms with van der Waals surface area (Å²) in [6.07, 6.45) is 11.0. The Kier molecular flexibility index (Phi) is 7.56. The molecule has 0 spiro atoms. The molecule has 1 amide bonds. The average Bonchev–Trinajstić information content (AvgIpc) is 3.19. The molecule has 5 heteroatoms. The normalized spacial score (nSPS) is 18.0. The van der Waals surface area contributed by atoms with Crippen LogP contribution in [0.2, 0.25) is 0 Å². The van der Waals surface area contributed by atoms with Crippen molar-refractivity contribution in [1.29, 1.82) is 0 Å². The Hall–Kier alpha value is -2.27. The molecule has 0 radical (unpaired) electrons. The number of methoxy groups -OCH3 is 1. The number of aryl methyl sites for hydroxylation is 1. The Labute approximate surface area is 193 Å². The number of aromatic nitrogens is 1. The molecule has 1 aliphatic heterocycles. The van der Waals surface area contributed by atoms with Crippen LogP contribution >= 0.6 is 0 Å². The summed E-state index contributed by atoms with van der Waals surface area (Å²) >= 11 is 0. The summed E-state index contributed by atoms with van der Waals surface area (Å²) in [7, 11) is 1.71. The lowest BCUT2D eigenvalue weighted by atomic mass is 9.89. The number of benzene rings is 1. The number of rotatable bonds is 7. The number of nitrogens with zero attached hydrogens (tertiary/aromatic N) is 2. The molecule has 0 bridgehead atoms. The predicted octanol–water partition coefficient (Wildman–Crippen LogP) is 5.75. The summed E-state index contributed by atoms with van der Waals surface area (Å²) in [6.45, 7) is 7.19. The van der Waals surface area contributed by atoms with Gasteiger partial charge >= 0.3 is 0 Å². The number of hydrogen-bond acceptors (Lipinski definition) is 3. The Balaban J connectivity index is 1.73. The minimum atomic E-state index is 0.0351. The molecule has 2 fully saturated rings. The maximum Gasteiger partial charge on any atom is 0.267 e. The van der Waals surface area contributed by atoms with Gasteiger partial charge in [-0.2, -0.15) is 0 Å². The van der Waals surface area contributed by atoms with Crippen LogP contribution in [0.4, 0.5) is 0 Å². The fraction of sp³-hybridized carbons (Fsp3) is 0.593. The molecule has 1 saturated carbocycles. The van der Waals surface area contributed by atoms with Crippen molar-refractivity contribution in [3.05, 3.63) is 41.1 Å². The fourth-order valence-electron chi connectivity index (χ4n) is 5.44. The molecule has 1 aromatic carbocycles. The highest BCUT2D eigenvalue weighted by atomic mass is 16.5. The van der Waals surface area contributed by atoms with Crippen molar-refractivity contribution >= 4 is 5.91 Å². The van der Waals surface area contributed by atoms with E-state index in [-0.39, 0.29) is 5.91 Å². The second-order valence-corrected chi connectivity index (χ2v) is 9.53. The first kappa shape index (κ1) is 22.9. The van der Waals surface area contributed by atoms with Crippen LogP contribution < -0.4 is 10.2 Å². The van der Waals surface area contributed by atoms with Gasteiger partial charge in [-0.15, -0.1) is 0 Å². The van der Waals surface area contributed by atoms with Crippen LogP contribution in [0.15, 0.2) is 24.3 Å². The molecule has 0 atom stereocenters. The third kappa shape index (κ3) is 5.03. The summed E-state index contributed by atoms with van der Waals surface area (Å²) in [6, 6.07) is 8.37. The third-order valence-electron chi connectivity index (χ3n) is 7.29. The lowest BCUT2D eigenvalue weighted by molar-refractivity contribution is 0.0749. The highest BCUT2D eigenvalue weighted by Crippen LogP contribution is 2.34. The topological polar surface area (TPSA) is 46.5 Å². The summed E-state index contributed by atoms with van der Waals surface area (Å²) in [5.41, 5.74) is 8.69. The molecule has 1 aromatic heterocycles. The quantitative estimate of drug-likeness (QED) is 0.600. The third-order valence-corrected chi connectivity index (χ3v) is 7.29. The van der Waals surface area contributed by atoms with E-state index in [1.807, 2.05) is 6.07 Å². The maximum absolute atomic E-state index is 13.4. The molecule has 2 heterocycles. The van der Waals surface area contributed by atoms with Crippen LogP contribution in [0.1, 0.15) is 79.9 Å². The maximum atomic E-state index is 13.4. The molecule has 2 aromatic rings. The fourth-order valence-corrected chi connectivity index (χ4v) is 5.44. The molecule has 5 nitrogen and oxygen atoms in total. The van der Waals surface area contributed by atoms with Crippen LogP contribution in [-0.4, -0.2) is 35.7 Å². The number of carbonyl (C=O) groups excluding carboxylic acids is 1. The minimum Gasteiger partial charge on any atom is -0.497 e. The minimum absolute atomic E-state index is 0.0351. The van der Waals surface area contributed by atoms with E-state index in [0.717, 1.165) is 67.2 Å². The number of ether oxygens (including phenoxy) is 1. The Morgan fingerprint density at radius 2 is 1.78 bits per heavy atom. The van der Waals surface area contributed by atoms with E-state index >= 15 is 0 Å². The number of amides is 1. The van der Waals surface area contributed by atoms with Crippen molar-refractivity contribution in [3.63, 3.8) is 0 Å². The van der Waals surface area contributed by atoms with Crippen molar-refractivity contribution in [2.24, 2.45) is 5.92 Å². The van der Waals surface area contributed by atoms with Crippen LogP contribution in [0, 0.1) is 12.8 Å². The van der Waals surface area contributed by atoms with Gasteiger partial charge in [0.15, 0.2) is 0 Å². The van der Waals surface area contributed by atoms with Gasteiger partial charge in [-0.3, -0.25) is 10.2 Å². The van der Waals surface area contributed by atoms with E-state index in [1.165, 1.54) is 44.1 Å². The summed E-state index contributed by atoms with van der Waals surface area (Å²) in [5, 5.41) is 2.10. The van der Waals surface area contributed by atoms with Gasteiger partial charge < -0.3 is 9.30 Å². The second kappa shape index (κ2) is 10.6. The van der Waals surface area contributed by atoms with E-state index in [2.05, 4.69) is 47.0 Å². The van der Waals surface area contributed by atoms with E-state index in [1.54, 1.807) is 7.11 Å². The number of hydrogen-bond donors (Lipinski definition) is 1. The van der Waals surface area contributed by atoms with E-state index in [4.69, 9.17) is 4.74 Å². The standard InChI is InChI=1S/C27H39N3O2/c1-4-25-24(27(31)28-29-15-9-6-10-16-29)18-26(23-17-22(32-3)14-13-20(23)2)30(25)19-21-11-7-5-8-12-21/h13-14,17-18,21H,4-12,15-16,19H2,1-3H3,(H,28,31). The number of carbonyl (C=O) groups is 1. The SMILES string of the molecule is CCc1c(C(=O)NN2CCCCC2)cc(-c2cc(OC)ccc2C)n1CC1CCCCC1. The van der Waals surface area contributed by atoms with E-state index in [0.29, 0.717) is 5.92 Å². The van der Waals surface area contributed by atoms with Crippen molar-refractivity contribution in [1.82, 2.24) is 15.0 Å². The van der Waals surface area contributed by atoms with Gasteiger partial charge in [0.25, 0.3) is 5.91 Å². The van der Waals surface area contributed by atoms with Crippen molar-refractivity contribution in [2.45, 2.75) is 78.2 Å². The molecule has 1 saturated heterocycles. The van der Waals surface area contributed by atoms with Crippen molar-refractivity contribution < 1.29 is 9.53 Å². The molecule has 174 valence electrons. The average molecular weight is 438 g/mol. The number of piperidine rings is 1. The zero-order valence-corrected chi connectivity index (χ0v) is 20.1. The first-order valence-electron chi connectivity index (χ1n) is 12.5. The van der Waals surface area contributed by atoms with Gasteiger partial charge in [0.1, 0.15) is 5.75 Å². The first-order valence-corrected chi connectivity index (χ1v) is 12.5. The Morgan fingerprint density at radius 1 is 1.06 bits per heavy atom. The lowest BCUT2D eigenvalue weighted by Crippen LogP contribution is -2.45. The van der Waals surface area contributed by atoms with Crippen molar-refractivity contribution in [3.8, 4) is 17.0 Å². The number of hydrazine groups is 1. The summed E-state index contributed by atoms with van der Waals surface area (Å²) < 4.78 is 7.98. The van der Waals surface area contributed by atoms with Gasteiger partial charge in [-0.05, 0) is 68.7 Å². The van der Waals surface area contributed by atoms with Gasteiger partial charge in [-0.25, -0.2) is 5.01 Å². The lowest BCUT2D eigenvalue weighted by Gasteiger charge is -2.27. The van der Waals surface area contributed by atoms with Gasteiger partial charge in [-0.1, -0.05) is 38.7 Å². The van der Waals surface area contributed by atoms with Crippen LogP contribution in [0.3, 0.4) is 0 Å². The molecule has 4 rings (SSSR count). The molecular formula is C27H39N3O2. The second-order valence-electron chi connectivity index (χ2n) is 9.53. The summed E-state index contributed by atoms with van der Waals surface area (Å²) in [4.78, 5) is 13.4. The molecular weight excluding hydrogens is 398 g/mol.